The van der Waals surface area contributed by atoms with Crippen molar-refractivity contribution in [1.82, 2.24) is 0 Å². The first-order valence-electron chi connectivity index (χ1n) is 5.78. The molecular weight excluding hydrogens is 160 g/mol. The molecule has 2 fully saturated rings. The maximum Gasteiger partial charge on any atom is 0.0576 e. The number of rotatable bonds is 3. The van der Waals surface area contributed by atoms with Crippen LogP contribution in [-0.4, -0.2) is 11.2 Å². The SMILES string of the molecule is CC1(C)CC1C(O)CC1CCCC1. The molecule has 0 aliphatic heterocycles. The van der Waals surface area contributed by atoms with Gasteiger partial charge in [-0.05, 0) is 30.1 Å². The Kier molecular flexibility index (Phi) is 2.39. The van der Waals surface area contributed by atoms with E-state index in [0.717, 1.165) is 12.3 Å². The fourth-order valence-corrected chi connectivity index (χ4v) is 2.92. The average molecular weight is 182 g/mol. The Labute approximate surface area is 81.5 Å². The van der Waals surface area contributed by atoms with Gasteiger partial charge in [-0.1, -0.05) is 39.5 Å². The zero-order valence-electron chi connectivity index (χ0n) is 8.92. The molecule has 0 amide bonds. The minimum absolute atomic E-state index is 0.00176. The molecule has 0 saturated heterocycles. The van der Waals surface area contributed by atoms with E-state index in [4.69, 9.17) is 0 Å². The predicted octanol–water partition coefficient (Wildman–Crippen LogP) is 2.97. The third kappa shape index (κ3) is 2.07. The molecule has 2 aliphatic rings. The highest BCUT2D eigenvalue weighted by Gasteiger charge is 2.49. The number of hydrogen-bond donors (Lipinski definition) is 1. The Morgan fingerprint density at radius 2 is 1.85 bits per heavy atom. The zero-order valence-corrected chi connectivity index (χ0v) is 8.92. The third-order valence-electron chi connectivity index (χ3n) is 4.10. The van der Waals surface area contributed by atoms with Gasteiger partial charge in [-0.3, -0.25) is 0 Å². The van der Waals surface area contributed by atoms with Crippen LogP contribution < -0.4 is 0 Å². The Morgan fingerprint density at radius 3 is 2.31 bits per heavy atom. The van der Waals surface area contributed by atoms with Gasteiger partial charge in [0.2, 0.25) is 0 Å². The van der Waals surface area contributed by atoms with Crippen LogP contribution in [0.15, 0.2) is 0 Å². The lowest BCUT2D eigenvalue weighted by Gasteiger charge is -2.16. The fourth-order valence-electron chi connectivity index (χ4n) is 2.92. The van der Waals surface area contributed by atoms with Gasteiger partial charge >= 0.3 is 0 Å². The molecule has 0 radical (unpaired) electrons. The summed E-state index contributed by atoms with van der Waals surface area (Å²) in [5, 5.41) is 9.98. The lowest BCUT2D eigenvalue weighted by molar-refractivity contribution is 0.108. The van der Waals surface area contributed by atoms with Gasteiger partial charge in [0.25, 0.3) is 0 Å². The quantitative estimate of drug-likeness (QED) is 0.711. The summed E-state index contributed by atoms with van der Waals surface area (Å²) >= 11 is 0. The second-order valence-electron chi connectivity index (χ2n) is 5.75. The van der Waals surface area contributed by atoms with Crippen molar-refractivity contribution < 1.29 is 5.11 Å². The van der Waals surface area contributed by atoms with Crippen LogP contribution in [0.2, 0.25) is 0 Å². The van der Waals surface area contributed by atoms with Crippen LogP contribution in [0, 0.1) is 17.3 Å². The highest BCUT2D eigenvalue weighted by molar-refractivity contribution is 4.99. The largest absolute Gasteiger partial charge is 0.393 e. The Hall–Kier alpha value is -0.0400. The average Bonchev–Trinajstić information content (AvgIpc) is 2.49. The number of aliphatic hydroxyl groups excluding tert-OH is 1. The van der Waals surface area contributed by atoms with Crippen molar-refractivity contribution in [1.29, 1.82) is 0 Å². The van der Waals surface area contributed by atoms with Crippen LogP contribution in [0.1, 0.15) is 52.4 Å². The van der Waals surface area contributed by atoms with Gasteiger partial charge in [-0.15, -0.1) is 0 Å². The third-order valence-corrected chi connectivity index (χ3v) is 4.10. The van der Waals surface area contributed by atoms with Gasteiger partial charge < -0.3 is 5.11 Å². The molecule has 0 bridgehead atoms. The van der Waals surface area contributed by atoms with E-state index in [1.165, 1.54) is 32.1 Å². The Bertz CT molecular complexity index is 180. The van der Waals surface area contributed by atoms with E-state index in [2.05, 4.69) is 13.8 Å². The van der Waals surface area contributed by atoms with E-state index in [1.54, 1.807) is 0 Å². The maximum absolute atomic E-state index is 9.98. The number of hydrogen-bond acceptors (Lipinski definition) is 1. The summed E-state index contributed by atoms with van der Waals surface area (Å²) in [5.41, 5.74) is 0.442. The summed E-state index contributed by atoms with van der Waals surface area (Å²) in [6.45, 7) is 4.55. The smallest absolute Gasteiger partial charge is 0.0576 e. The van der Waals surface area contributed by atoms with Gasteiger partial charge in [-0.2, -0.15) is 0 Å². The summed E-state index contributed by atoms with van der Waals surface area (Å²) in [5.74, 6) is 1.44. The van der Waals surface area contributed by atoms with Crippen LogP contribution >= 0.6 is 0 Å². The summed E-state index contributed by atoms with van der Waals surface area (Å²) in [6.07, 6.45) is 7.83. The minimum Gasteiger partial charge on any atom is -0.393 e. The maximum atomic E-state index is 9.98. The summed E-state index contributed by atoms with van der Waals surface area (Å²) in [6, 6.07) is 0. The molecule has 2 saturated carbocycles. The predicted molar refractivity (Wildman–Crippen MR) is 54.5 cm³/mol. The van der Waals surface area contributed by atoms with Crippen molar-refractivity contribution in [3.05, 3.63) is 0 Å². The molecule has 1 N–H and O–H groups in total. The second-order valence-corrected chi connectivity index (χ2v) is 5.75. The van der Waals surface area contributed by atoms with Gasteiger partial charge in [0.1, 0.15) is 0 Å². The van der Waals surface area contributed by atoms with Crippen LogP contribution in [0.5, 0.6) is 0 Å². The van der Waals surface area contributed by atoms with Crippen molar-refractivity contribution in [3.63, 3.8) is 0 Å². The molecule has 0 aromatic heterocycles. The van der Waals surface area contributed by atoms with Crippen LogP contribution in [0.3, 0.4) is 0 Å². The van der Waals surface area contributed by atoms with Crippen molar-refractivity contribution >= 4 is 0 Å². The van der Waals surface area contributed by atoms with E-state index < -0.39 is 0 Å². The first kappa shape index (κ1) is 9.51. The Balaban J connectivity index is 1.75. The van der Waals surface area contributed by atoms with Crippen LogP contribution in [0.4, 0.5) is 0 Å². The first-order chi connectivity index (χ1) is 6.09. The van der Waals surface area contributed by atoms with Crippen molar-refractivity contribution in [2.45, 2.75) is 58.5 Å². The van der Waals surface area contributed by atoms with Crippen molar-refractivity contribution in [2.75, 3.05) is 0 Å². The van der Waals surface area contributed by atoms with E-state index in [0.29, 0.717) is 11.3 Å². The molecule has 13 heavy (non-hydrogen) atoms. The first-order valence-corrected chi connectivity index (χ1v) is 5.78. The molecule has 76 valence electrons. The molecule has 2 aliphatic carbocycles. The summed E-state index contributed by atoms with van der Waals surface area (Å²) in [4.78, 5) is 0. The second kappa shape index (κ2) is 3.27. The molecule has 1 nitrogen and oxygen atoms in total. The van der Waals surface area contributed by atoms with Crippen molar-refractivity contribution in [2.24, 2.45) is 17.3 Å². The Morgan fingerprint density at radius 1 is 1.31 bits per heavy atom. The van der Waals surface area contributed by atoms with Crippen LogP contribution in [0.25, 0.3) is 0 Å². The van der Waals surface area contributed by atoms with E-state index >= 15 is 0 Å². The monoisotopic (exact) mass is 182 g/mol. The van der Waals surface area contributed by atoms with E-state index in [-0.39, 0.29) is 6.10 Å². The molecule has 2 atom stereocenters. The molecule has 1 heteroatoms. The van der Waals surface area contributed by atoms with Crippen molar-refractivity contribution in [3.8, 4) is 0 Å². The molecule has 0 spiro atoms. The van der Waals surface area contributed by atoms with E-state index in [9.17, 15) is 5.11 Å². The molecular formula is C12H22O. The van der Waals surface area contributed by atoms with Crippen LogP contribution in [-0.2, 0) is 0 Å². The standard InChI is InChI=1S/C12H22O/c1-12(2)8-10(12)11(13)7-9-5-3-4-6-9/h9-11,13H,3-8H2,1-2H3. The topological polar surface area (TPSA) is 20.2 Å². The fraction of sp³-hybridized carbons (Fsp3) is 1.00. The van der Waals surface area contributed by atoms with E-state index in [1.807, 2.05) is 0 Å². The summed E-state index contributed by atoms with van der Waals surface area (Å²) in [7, 11) is 0. The highest BCUT2D eigenvalue weighted by Crippen LogP contribution is 2.54. The summed E-state index contributed by atoms with van der Waals surface area (Å²) < 4.78 is 0. The molecule has 2 unspecified atom stereocenters. The normalized spacial score (nSPS) is 34.8. The zero-order chi connectivity index (χ0) is 9.47. The van der Waals surface area contributed by atoms with Gasteiger partial charge in [-0.25, -0.2) is 0 Å². The lowest BCUT2D eigenvalue weighted by Crippen LogP contribution is -2.16. The number of aliphatic hydroxyl groups is 1. The van der Waals surface area contributed by atoms with Gasteiger partial charge in [0.05, 0.1) is 6.10 Å². The lowest BCUT2D eigenvalue weighted by atomic mass is 9.95. The molecule has 0 heterocycles. The molecule has 2 rings (SSSR count). The minimum atomic E-state index is -0.00176. The molecule has 0 aromatic carbocycles. The van der Waals surface area contributed by atoms with Gasteiger partial charge in [0.15, 0.2) is 0 Å². The highest BCUT2D eigenvalue weighted by atomic mass is 16.3. The molecule has 0 aromatic rings. The van der Waals surface area contributed by atoms with Gasteiger partial charge in [0, 0.05) is 0 Å².